The lowest BCUT2D eigenvalue weighted by Crippen LogP contribution is -2.66. The van der Waals surface area contributed by atoms with Gasteiger partial charge in [0, 0.05) is 0 Å². The second kappa shape index (κ2) is 31.6. The fourth-order valence-electron chi connectivity index (χ4n) is 11.3. The fraction of sp³-hybridized carbons (Fsp3) is 0.351. The summed E-state index contributed by atoms with van der Waals surface area (Å²) in [6, 6.07) is 75.5. The summed E-state index contributed by atoms with van der Waals surface area (Å²) < 4.78 is 119. The molecule has 0 radical (unpaired) electrons. The van der Waals surface area contributed by atoms with Crippen LogP contribution in [0.3, 0.4) is 0 Å². The molecule has 4 unspecified atom stereocenters. The van der Waals surface area contributed by atoms with Crippen LogP contribution in [0.5, 0.6) is 5.75 Å². The molecule has 3 heterocycles. The van der Waals surface area contributed by atoms with Crippen LogP contribution in [0.15, 0.2) is 237 Å². The maximum atomic E-state index is 14.8. The zero-order valence-corrected chi connectivity index (χ0v) is 52.8. The minimum absolute atomic E-state index is 0.0547. The van der Waals surface area contributed by atoms with E-state index in [9.17, 15) is 8.42 Å². The quantitative estimate of drug-likeness (QED) is 0.0310. The first-order chi connectivity index (χ1) is 44.3. The van der Waals surface area contributed by atoms with Gasteiger partial charge in [-0.3, -0.25) is 0 Å². The Hall–Kier alpha value is -6.91. The van der Waals surface area contributed by atoms with Gasteiger partial charge in [0.25, 0.3) is 0 Å². The Bertz CT molecular complexity index is 3510. The predicted octanol–water partition coefficient (Wildman–Crippen LogP) is 11.9. The van der Waals surface area contributed by atoms with Crippen molar-refractivity contribution in [3.05, 3.63) is 276 Å². The van der Waals surface area contributed by atoms with E-state index in [4.69, 9.17) is 60.9 Å². The molecule has 3 fully saturated rings. The summed E-state index contributed by atoms with van der Waals surface area (Å²) >= 11 is 0. The Morgan fingerprint density at radius 2 is 0.681 bits per heavy atom. The SMILES string of the molecule is CC1(C)OB(c2ccc(OS(=O)(=O)C[C@@H]3OC(COCc4ccccc4)[C@H](O[C@@H]4OC(COCc5ccccc5)[C@H](OCc5ccccc5)[C@H](OCc5ccccc5)C4OCc4ccccc4)[C@H](OCc4ccccc4)C3OCc3ccccc3)cc2)OC1(C)C. The molecular weight excluding hydrogens is 1170 g/mol. The van der Waals surface area contributed by atoms with E-state index in [2.05, 4.69) is 0 Å². The summed E-state index contributed by atoms with van der Waals surface area (Å²) in [4.78, 5) is 0. The van der Waals surface area contributed by atoms with Crippen LogP contribution in [0, 0.1) is 0 Å². The van der Waals surface area contributed by atoms with Gasteiger partial charge in [-0.05, 0) is 84.2 Å². The third-order valence-corrected chi connectivity index (χ3v) is 18.0. The van der Waals surface area contributed by atoms with Crippen molar-refractivity contribution in [1.29, 1.82) is 0 Å². The number of benzene rings is 8. The monoisotopic (exact) mass is 1250 g/mol. The summed E-state index contributed by atoms with van der Waals surface area (Å²) in [5.41, 5.74) is 5.91. The Labute approximate surface area is 536 Å². The summed E-state index contributed by atoms with van der Waals surface area (Å²) in [6.45, 7) is 9.06. The van der Waals surface area contributed by atoms with E-state index >= 15 is 0 Å². The lowest BCUT2D eigenvalue weighted by atomic mass is 9.79. The van der Waals surface area contributed by atoms with Gasteiger partial charge in [0.2, 0.25) is 0 Å². The van der Waals surface area contributed by atoms with Gasteiger partial charge in [-0.15, -0.1) is 0 Å². The van der Waals surface area contributed by atoms with Gasteiger partial charge in [0.05, 0.1) is 70.7 Å². The first kappa shape index (κ1) is 65.6. The molecule has 0 aliphatic carbocycles. The third-order valence-electron chi connectivity index (χ3n) is 16.8. The van der Waals surface area contributed by atoms with E-state index in [1.165, 1.54) is 0 Å². The van der Waals surface area contributed by atoms with Crippen LogP contribution in [0.4, 0.5) is 0 Å². The first-order valence-corrected chi connectivity index (χ1v) is 32.7. The van der Waals surface area contributed by atoms with Crippen LogP contribution in [0.25, 0.3) is 0 Å². The highest BCUT2D eigenvalue weighted by Gasteiger charge is 2.56. The third kappa shape index (κ3) is 18.2. The zero-order chi connectivity index (χ0) is 62.9. The number of rotatable bonds is 30. The van der Waals surface area contributed by atoms with E-state index in [1.807, 2.05) is 240 Å². The summed E-state index contributed by atoms with van der Waals surface area (Å²) in [7, 11) is -5.15. The number of hydrogen-bond acceptors (Lipinski definition) is 15. The standard InChI is InChI=1S/C74H81BO15S/c1-73(2)74(3,4)90-75(89-73)61-40-42-62(43-41-61)88-91(76,77)53-65-67(81-47-57-32-18-8-19-33-57)69(82-48-58-34-20-9-21-35-58)68(64(85-65)52-79-45-55-28-14-6-15-29-55)87-72-71(84-50-60-38-24-11-25-39-60)70(83-49-59-36-22-10-23-37-59)66(80-46-56-30-16-7-17-31-56)63(86-72)51-78-44-54-26-12-5-13-27-54/h5-43,63-72H,44-53H2,1-4H3/t63?,64?,65-,66-,67?,68-,69+,70-,71?,72-/m0/s1. The molecule has 0 N–H and O–H groups in total. The van der Waals surface area contributed by atoms with Crippen molar-refractivity contribution < 1.29 is 69.3 Å². The Balaban J connectivity index is 0.984. The normalized spacial score (nSPS) is 23.8. The lowest BCUT2D eigenvalue weighted by Gasteiger charge is -2.50. The van der Waals surface area contributed by atoms with Gasteiger partial charge in [-0.1, -0.05) is 224 Å². The molecule has 91 heavy (non-hydrogen) atoms. The van der Waals surface area contributed by atoms with Crippen molar-refractivity contribution in [1.82, 2.24) is 0 Å². The molecule has 15 nitrogen and oxygen atoms in total. The molecule has 3 saturated heterocycles. The number of ether oxygens (including phenoxy) is 10. The van der Waals surface area contributed by atoms with Crippen molar-refractivity contribution in [3.63, 3.8) is 0 Å². The van der Waals surface area contributed by atoms with Crippen molar-refractivity contribution in [3.8, 4) is 5.75 Å². The summed E-state index contributed by atoms with van der Waals surface area (Å²) in [6.07, 6.45) is -10.3. The summed E-state index contributed by atoms with van der Waals surface area (Å²) in [5, 5.41) is 0. The Morgan fingerprint density at radius 3 is 1.07 bits per heavy atom. The topological polar surface area (TPSA) is 154 Å². The molecular formula is C74H81BO15S. The van der Waals surface area contributed by atoms with Gasteiger partial charge in [-0.25, -0.2) is 0 Å². The largest absolute Gasteiger partial charge is 0.494 e. The van der Waals surface area contributed by atoms with E-state index in [1.54, 1.807) is 24.3 Å². The smallest absolute Gasteiger partial charge is 0.399 e. The van der Waals surface area contributed by atoms with Gasteiger partial charge in [-0.2, -0.15) is 8.42 Å². The van der Waals surface area contributed by atoms with Gasteiger partial charge < -0.3 is 60.9 Å². The van der Waals surface area contributed by atoms with Crippen LogP contribution in [0.1, 0.15) is 66.6 Å². The molecule has 3 aliphatic heterocycles. The molecule has 17 heteroatoms. The highest BCUT2D eigenvalue weighted by Crippen LogP contribution is 2.39. The van der Waals surface area contributed by atoms with Gasteiger partial charge in [0.1, 0.15) is 66.4 Å². The maximum Gasteiger partial charge on any atom is 0.494 e. The van der Waals surface area contributed by atoms with E-state index in [-0.39, 0.29) is 65.2 Å². The minimum atomic E-state index is -4.48. The van der Waals surface area contributed by atoms with Crippen molar-refractivity contribution in [2.75, 3.05) is 19.0 Å². The van der Waals surface area contributed by atoms with E-state index in [0.717, 1.165) is 38.9 Å². The predicted molar refractivity (Wildman–Crippen MR) is 346 cm³/mol. The minimum Gasteiger partial charge on any atom is -0.399 e. The Kier molecular flexibility index (Phi) is 22.8. The molecule has 0 bridgehead atoms. The highest BCUT2D eigenvalue weighted by molar-refractivity contribution is 7.87. The maximum absolute atomic E-state index is 14.8. The average Bonchev–Trinajstić information content (AvgIpc) is 0.972. The average molecular weight is 1250 g/mol. The number of hydrogen-bond donors (Lipinski definition) is 0. The van der Waals surface area contributed by atoms with Crippen LogP contribution in [-0.4, -0.2) is 107 Å². The molecule has 0 aromatic heterocycles. The van der Waals surface area contributed by atoms with Crippen LogP contribution >= 0.6 is 0 Å². The first-order valence-electron chi connectivity index (χ1n) is 31.2. The molecule has 8 aromatic carbocycles. The molecule has 10 atom stereocenters. The zero-order valence-electron chi connectivity index (χ0n) is 52.0. The molecule has 476 valence electrons. The van der Waals surface area contributed by atoms with Gasteiger partial charge >= 0.3 is 17.2 Å². The van der Waals surface area contributed by atoms with Crippen molar-refractivity contribution in [2.24, 2.45) is 0 Å². The molecule has 11 rings (SSSR count). The van der Waals surface area contributed by atoms with Crippen molar-refractivity contribution >= 4 is 22.7 Å². The summed E-state index contributed by atoms with van der Waals surface area (Å²) in [5.74, 6) is -0.565. The van der Waals surface area contributed by atoms with E-state index < -0.39 is 95.4 Å². The van der Waals surface area contributed by atoms with Crippen molar-refractivity contribution in [2.45, 2.75) is 146 Å². The molecule has 0 spiro atoms. The highest BCUT2D eigenvalue weighted by atomic mass is 32.2. The second-order valence-electron chi connectivity index (χ2n) is 24.1. The van der Waals surface area contributed by atoms with Crippen LogP contribution in [-0.2, 0) is 113 Å². The van der Waals surface area contributed by atoms with Crippen LogP contribution in [0.2, 0.25) is 0 Å². The fourth-order valence-corrected chi connectivity index (χ4v) is 12.4. The molecule has 3 aliphatic rings. The van der Waals surface area contributed by atoms with Gasteiger partial charge in [0.15, 0.2) is 6.29 Å². The molecule has 0 saturated carbocycles. The van der Waals surface area contributed by atoms with Crippen LogP contribution < -0.4 is 9.65 Å². The second-order valence-corrected chi connectivity index (χ2v) is 25.7. The molecule has 0 amide bonds. The molecule has 8 aromatic rings. The lowest BCUT2D eigenvalue weighted by molar-refractivity contribution is -0.362. The van der Waals surface area contributed by atoms with E-state index in [0.29, 0.717) is 5.46 Å². The Morgan fingerprint density at radius 1 is 0.363 bits per heavy atom.